The lowest BCUT2D eigenvalue weighted by atomic mass is 10.1. The predicted octanol–water partition coefficient (Wildman–Crippen LogP) is 3.62. The maximum atomic E-state index is 12.3. The van der Waals surface area contributed by atoms with Crippen molar-refractivity contribution in [3.8, 4) is 0 Å². The summed E-state index contributed by atoms with van der Waals surface area (Å²) in [6.07, 6.45) is 2.49. The highest BCUT2D eigenvalue weighted by atomic mass is 35.5. The quantitative estimate of drug-likeness (QED) is 0.793. The van der Waals surface area contributed by atoms with Crippen LogP contribution >= 0.6 is 11.6 Å². The molecule has 0 fully saturated rings. The highest BCUT2D eigenvalue weighted by Gasteiger charge is 2.33. The summed E-state index contributed by atoms with van der Waals surface area (Å²) < 4.78 is 42.0. The van der Waals surface area contributed by atoms with E-state index in [4.69, 9.17) is 16.3 Å². The lowest BCUT2D eigenvalue weighted by Crippen LogP contribution is -2.40. The van der Waals surface area contributed by atoms with Crippen molar-refractivity contribution >= 4 is 17.7 Å². The smallest absolute Gasteiger partial charge is 0.410 e. The van der Waals surface area contributed by atoms with Crippen LogP contribution in [0, 0.1) is 0 Å². The second-order valence-corrected chi connectivity index (χ2v) is 4.08. The number of alkyl halides is 3. The van der Waals surface area contributed by atoms with Gasteiger partial charge in [-0.1, -0.05) is 35.9 Å². The third-order valence-corrected chi connectivity index (χ3v) is 2.41. The number of carbonyl (C=O) groups is 1. The summed E-state index contributed by atoms with van der Waals surface area (Å²) in [5.41, 5.74) is 1.06. The van der Waals surface area contributed by atoms with Gasteiger partial charge in [0, 0.05) is 18.5 Å². The Bertz CT molecular complexity index is 391. The molecule has 1 aliphatic carbocycles. The van der Waals surface area contributed by atoms with Gasteiger partial charge in [0.05, 0.1) is 0 Å². The Kier molecular flexibility index (Phi) is 5.95. The second-order valence-electron chi connectivity index (χ2n) is 3.83. The molecular formula is C12H13ClF3NO2. The molecular weight excluding hydrogens is 283 g/mol. The maximum Gasteiger partial charge on any atom is 0.410 e. The van der Waals surface area contributed by atoms with Crippen LogP contribution in [0.4, 0.5) is 18.0 Å². The van der Waals surface area contributed by atoms with Crippen molar-refractivity contribution in [2.45, 2.75) is 18.7 Å². The largest absolute Gasteiger partial charge is 0.442 e. The Morgan fingerprint density at radius 3 is 2.74 bits per heavy atom. The van der Waals surface area contributed by atoms with Crippen LogP contribution in [0.2, 0.25) is 0 Å². The molecule has 0 N–H and O–H groups in total. The predicted molar refractivity (Wildman–Crippen MR) is 65.8 cm³/mol. The minimum atomic E-state index is -4.48. The standard InChI is InChI=1S/C12H13ClF3NO2/c13-7-4-8-17(9-12(14,15)16)11(18)19-10-5-2-1-3-6-10/h1-5,7,10H,6,8-9H2/b7-4+. The van der Waals surface area contributed by atoms with Crippen molar-refractivity contribution in [2.24, 2.45) is 0 Å². The molecule has 0 aromatic heterocycles. The van der Waals surface area contributed by atoms with E-state index >= 15 is 0 Å². The average Bonchev–Trinajstić information content (AvgIpc) is 2.34. The highest BCUT2D eigenvalue weighted by molar-refractivity contribution is 6.25. The number of amides is 1. The van der Waals surface area contributed by atoms with E-state index in [9.17, 15) is 18.0 Å². The van der Waals surface area contributed by atoms with E-state index in [1.54, 1.807) is 24.3 Å². The lowest BCUT2D eigenvalue weighted by molar-refractivity contribution is -0.142. The first-order valence-corrected chi connectivity index (χ1v) is 5.97. The van der Waals surface area contributed by atoms with Crippen molar-refractivity contribution < 1.29 is 22.7 Å². The van der Waals surface area contributed by atoms with Gasteiger partial charge in [-0.3, -0.25) is 4.90 Å². The number of ether oxygens (including phenoxy) is 1. The van der Waals surface area contributed by atoms with Gasteiger partial charge < -0.3 is 4.74 Å². The minimum Gasteiger partial charge on any atom is -0.442 e. The SMILES string of the molecule is O=C(OC1C=CC=CC1)N(C/C=C/Cl)CC(F)(F)F. The van der Waals surface area contributed by atoms with Crippen LogP contribution in [-0.4, -0.2) is 36.4 Å². The van der Waals surface area contributed by atoms with E-state index in [-0.39, 0.29) is 6.54 Å². The van der Waals surface area contributed by atoms with E-state index in [1.807, 2.05) is 0 Å². The summed E-state index contributed by atoms with van der Waals surface area (Å²) in [6.45, 7) is -1.63. The molecule has 0 heterocycles. The maximum absolute atomic E-state index is 12.3. The van der Waals surface area contributed by atoms with Crippen LogP contribution in [-0.2, 0) is 4.74 Å². The number of halogens is 4. The van der Waals surface area contributed by atoms with E-state index in [0.29, 0.717) is 11.3 Å². The van der Waals surface area contributed by atoms with Gasteiger partial charge in [-0.05, 0) is 6.08 Å². The van der Waals surface area contributed by atoms with E-state index in [0.717, 1.165) is 5.54 Å². The zero-order valence-corrected chi connectivity index (χ0v) is 10.7. The summed E-state index contributed by atoms with van der Waals surface area (Å²) >= 11 is 5.25. The Balaban J connectivity index is 2.59. The third-order valence-electron chi connectivity index (χ3n) is 2.24. The molecule has 0 saturated heterocycles. The zero-order valence-electron chi connectivity index (χ0n) is 9.94. The highest BCUT2D eigenvalue weighted by Crippen LogP contribution is 2.18. The van der Waals surface area contributed by atoms with Crippen molar-refractivity contribution in [3.05, 3.63) is 35.9 Å². The van der Waals surface area contributed by atoms with E-state index in [2.05, 4.69) is 0 Å². The molecule has 1 amide bonds. The number of hydrogen-bond donors (Lipinski definition) is 0. The number of allylic oxidation sites excluding steroid dienone is 2. The first-order valence-electron chi connectivity index (χ1n) is 5.53. The van der Waals surface area contributed by atoms with E-state index in [1.165, 1.54) is 6.08 Å². The third kappa shape index (κ3) is 6.33. The van der Waals surface area contributed by atoms with Crippen molar-refractivity contribution in [2.75, 3.05) is 13.1 Å². The molecule has 3 nitrogen and oxygen atoms in total. The molecule has 0 aliphatic heterocycles. The molecule has 0 radical (unpaired) electrons. The fourth-order valence-corrected chi connectivity index (χ4v) is 1.52. The molecule has 1 aliphatic rings. The molecule has 0 spiro atoms. The minimum absolute atomic E-state index is 0.256. The van der Waals surface area contributed by atoms with Crippen LogP contribution in [0.1, 0.15) is 6.42 Å². The summed E-state index contributed by atoms with van der Waals surface area (Å²) in [7, 11) is 0. The Hall–Kier alpha value is -1.43. The van der Waals surface area contributed by atoms with Gasteiger partial charge in [0.25, 0.3) is 0 Å². The number of nitrogens with zero attached hydrogens (tertiary/aromatic N) is 1. The summed E-state index contributed by atoms with van der Waals surface area (Å²) in [5.74, 6) is 0. The van der Waals surface area contributed by atoms with Gasteiger partial charge >= 0.3 is 12.3 Å². The summed E-state index contributed by atoms with van der Waals surface area (Å²) in [6, 6.07) is 0. The van der Waals surface area contributed by atoms with Crippen LogP contribution < -0.4 is 0 Å². The number of rotatable bonds is 4. The fourth-order valence-electron chi connectivity index (χ4n) is 1.44. The summed E-state index contributed by atoms with van der Waals surface area (Å²) in [4.78, 5) is 12.2. The lowest BCUT2D eigenvalue weighted by Gasteiger charge is -2.24. The van der Waals surface area contributed by atoms with Crippen LogP contribution in [0.3, 0.4) is 0 Å². The monoisotopic (exact) mass is 295 g/mol. The van der Waals surface area contributed by atoms with Gasteiger partial charge in [-0.15, -0.1) is 0 Å². The van der Waals surface area contributed by atoms with Gasteiger partial charge in [0.2, 0.25) is 0 Å². The first kappa shape index (κ1) is 15.6. The molecule has 1 unspecified atom stereocenters. The van der Waals surface area contributed by atoms with Gasteiger partial charge in [-0.2, -0.15) is 13.2 Å². The van der Waals surface area contributed by atoms with Gasteiger partial charge in [0.1, 0.15) is 12.6 Å². The zero-order chi connectivity index (χ0) is 14.3. The number of hydrogen-bond acceptors (Lipinski definition) is 2. The average molecular weight is 296 g/mol. The van der Waals surface area contributed by atoms with Gasteiger partial charge in [-0.25, -0.2) is 4.79 Å². The van der Waals surface area contributed by atoms with Crippen molar-refractivity contribution in [1.29, 1.82) is 0 Å². The molecule has 0 aromatic rings. The van der Waals surface area contributed by atoms with Crippen LogP contribution in [0.5, 0.6) is 0 Å². The van der Waals surface area contributed by atoms with Crippen molar-refractivity contribution in [1.82, 2.24) is 4.90 Å². The van der Waals surface area contributed by atoms with E-state index < -0.39 is 24.9 Å². The summed E-state index contributed by atoms with van der Waals surface area (Å²) in [5, 5.41) is 0. The Morgan fingerprint density at radius 1 is 1.47 bits per heavy atom. The molecule has 19 heavy (non-hydrogen) atoms. The van der Waals surface area contributed by atoms with Crippen molar-refractivity contribution in [3.63, 3.8) is 0 Å². The molecule has 0 saturated carbocycles. The second kappa shape index (κ2) is 7.23. The van der Waals surface area contributed by atoms with Gasteiger partial charge in [0.15, 0.2) is 0 Å². The molecule has 106 valence electrons. The number of carbonyl (C=O) groups excluding carboxylic acids is 1. The first-order chi connectivity index (χ1) is 8.92. The molecule has 1 rings (SSSR count). The molecule has 0 bridgehead atoms. The molecule has 0 aromatic carbocycles. The molecule has 7 heteroatoms. The Morgan fingerprint density at radius 2 is 2.21 bits per heavy atom. The van der Waals surface area contributed by atoms with Crippen LogP contribution in [0.25, 0.3) is 0 Å². The molecule has 1 atom stereocenters. The normalized spacial score (nSPS) is 18.8. The van der Waals surface area contributed by atoms with Crippen LogP contribution in [0.15, 0.2) is 35.9 Å². The fraction of sp³-hybridized carbons (Fsp3) is 0.417. The topological polar surface area (TPSA) is 29.5 Å². The Labute approximate surface area is 114 Å².